The summed E-state index contributed by atoms with van der Waals surface area (Å²) in [5, 5.41) is 14.5. The number of non-ortho nitro benzene ring substituents is 1. The Kier molecular flexibility index (Phi) is 10.3. The van der Waals surface area contributed by atoms with Crippen molar-refractivity contribution in [3.63, 3.8) is 0 Å². The summed E-state index contributed by atoms with van der Waals surface area (Å²) in [6, 6.07) is 12.3. The largest absolute Gasteiger partial charge is 0.495 e. The molecule has 212 valence electrons. The van der Waals surface area contributed by atoms with E-state index in [4.69, 9.17) is 4.74 Å². The van der Waals surface area contributed by atoms with E-state index in [1.54, 1.807) is 6.92 Å². The molecular formula is C27H36N4O7S. The standard InChI is InChI=1S/C27H36N4O7S/c1-4-23(27(33)28-21-12-8-9-13-21)29(17-16-20-10-6-5-7-11-20)26(32)19-30(39(3,36)37)24-18-22(31(34)35)14-15-25(24)38-2/h5-7,10-11,14-15,18,21,23H,4,8-9,12-13,16-17,19H2,1-3H3,(H,28,33)/t23-/m1/s1. The number of rotatable bonds is 13. The molecule has 1 N–H and O–H groups in total. The molecule has 39 heavy (non-hydrogen) atoms. The molecule has 11 nitrogen and oxygen atoms in total. The van der Waals surface area contributed by atoms with Crippen LogP contribution in [0.5, 0.6) is 5.75 Å². The van der Waals surface area contributed by atoms with Gasteiger partial charge in [-0.2, -0.15) is 0 Å². The molecule has 2 aromatic carbocycles. The summed E-state index contributed by atoms with van der Waals surface area (Å²) in [4.78, 5) is 39.3. The van der Waals surface area contributed by atoms with Crippen LogP contribution in [0.15, 0.2) is 48.5 Å². The van der Waals surface area contributed by atoms with Crippen molar-refractivity contribution in [1.29, 1.82) is 0 Å². The summed E-state index contributed by atoms with van der Waals surface area (Å²) in [7, 11) is -2.77. The number of nitrogens with one attached hydrogen (secondary N) is 1. The number of amides is 2. The monoisotopic (exact) mass is 560 g/mol. The Labute approximate surface area is 229 Å². The summed E-state index contributed by atoms with van der Waals surface area (Å²) in [6.45, 7) is 1.33. The molecule has 1 aliphatic carbocycles. The van der Waals surface area contributed by atoms with E-state index in [0.717, 1.165) is 47.9 Å². The van der Waals surface area contributed by atoms with Gasteiger partial charge in [0.05, 0.1) is 18.3 Å². The van der Waals surface area contributed by atoms with Crippen molar-refractivity contribution in [2.45, 2.75) is 57.5 Å². The number of carbonyl (C=O) groups excluding carboxylic acids is 2. The first-order valence-electron chi connectivity index (χ1n) is 13.0. The van der Waals surface area contributed by atoms with Crippen LogP contribution in [-0.4, -0.2) is 68.6 Å². The van der Waals surface area contributed by atoms with Crippen molar-refractivity contribution in [2.75, 3.05) is 30.8 Å². The summed E-state index contributed by atoms with van der Waals surface area (Å²) < 4.78 is 31.8. The van der Waals surface area contributed by atoms with Crippen LogP contribution in [0.3, 0.4) is 0 Å². The highest BCUT2D eigenvalue weighted by Crippen LogP contribution is 2.34. The maximum atomic E-state index is 13.8. The Morgan fingerprint density at radius 1 is 1.15 bits per heavy atom. The number of hydrogen-bond acceptors (Lipinski definition) is 7. The van der Waals surface area contributed by atoms with Gasteiger partial charge in [0, 0.05) is 24.7 Å². The molecule has 0 radical (unpaired) electrons. The van der Waals surface area contributed by atoms with Gasteiger partial charge in [0.2, 0.25) is 21.8 Å². The molecule has 1 saturated carbocycles. The van der Waals surface area contributed by atoms with Gasteiger partial charge in [-0.1, -0.05) is 50.1 Å². The van der Waals surface area contributed by atoms with Crippen LogP contribution >= 0.6 is 0 Å². The lowest BCUT2D eigenvalue weighted by Crippen LogP contribution is -2.54. The topological polar surface area (TPSA) is 139 Å². The third-order valence-corrected chi connectivity index (χ3v) is 8.02. The van der Waals surface area contributed by atoms with Crippen LogP contribution in [0.1, 0.15) is 44.6 Å². The van der Waals surface area contributed by atoms with Gasteiger partial charge in [-0.15, -0.1) is 0 Å². The van der Waals surface area contributed by atoms with Crippen LogP contribution in [0.4, 0.5) is 11.4 Å². The number of nitrogens with zero attached hydrogens (tertiary/aromatic N) is 3. The van der Waals surface area contributed by atoms with Gasteiger partial charge in [0.1, 0.15) is 24.0 Å². The summed E-state index contributed by atoms with van der Waals surface area (Å²) in [6.07, 6.45) is 5.54. The number of nitro groups is 1. The number of anilines is 1. The highest BCUT2D eigenvalue weighted by molar-refractivity contribution is 7.92. The van der Waals surface area contributed by atoms with Gasteiger partial charge in [0.15, 0.2) is 0 Å². The van der Waals surface area contributed by atoms with Crippen LogP contribution in [0.2, 0.25) is 0 Å². The van der Waals surface area contributed by atoms with Crippen molar-refractivity contribution in [3.8, 4) is 5.75 Å². The average molecular weight is 561 g/mol. The van der Waals surface area contributed by atoms with Crippen LogP contribution < -0.4 is 14.4 Å². The predicted molar refractivity (Wildman–Crippen MR) is 148 cm³/mol. The highest BCUT2D eigenvalue weighted by Gasteiger charge is 2.34. The molecule has 0 saturated heterocycles. The maximum Gasteiger partial charge on any atom is 0.271 e. The molecule has 0 bridgehead atoms. The fourth-order valence-corrected chi connectivity index (χ4v) is 5.69. The van der Waals surface area contributed by atoms with E-state index in [9.17, 15) is 28.1 Å². The van der Waals surface area contributed by atoms with Gasteiger partial charge in [-0.05, 0) is 37.3 Å². The van der Waals surface area contributed by atoms with Crippen molar-refractivity contribution < 1.29 is 27.7 Å². The van der Waals surface area contributed by atoms with Gasteiger partial charge < -0.3 is 15.0 Å². The van der Waals surface area contributed by atoms with Crippen molar-refractivity contribution in [3.05, 3.63) is 64.2 Å². The summed E-state index contributed by atoms with van der Waals surface area (Å²) in [5.74, 6) is -0.816. The van der Waals surface area contributed by atoms with Gasteiger partial charge in [-0.25, -0.2) is 8.42 Å². The summed E-state index contributed by atoms with van der Waals surface area (Å²) in [5.41, 5.74) is 0.478. The fourth-order valence-electron chi connectivity index (χ4n) is 4.85. The molecule has 0 heterocycles. The summed E-state index contributed by atoms with van der Waals surface area (Å²) >= 11 is 0. The zero-order chi connectivity index (χ0) is 28.6. The molecule has 1 atom stereocenters. The smallest absolute Gasteiger partial charge is 0.271 e. The molecule has 0 spiro atoms. The van der Waals surface area contributed by atoms with Crippen molar-refractivity contribution in [1.82, 2.24) is 10.2 Å². The number of hydrogen-bond donors (Lipinski definition) is 1. The van der Waals surface area contributed by atoms with Crippen LogP contribution in [-0.2, 0) is 26.0 Å². The van der Waals surface area contributed by atoms with Crippen LogP contribution in [0.25, 0.3) is 0 Å². The molecule has 0 aromatic heterocycles. The number of methoxy groups -OCH3 is 1. The van der Waals surface area contributed by atoms with E-state index in [2.05, 4.69) is 5.32 Å². The fraction of sp³-hybridized carbons (Fsp3) is 0.481. The minimum Gasteiger partial charge on any atom is -0.495 e. The Bertz CT molecular complexity index is 1260. The Hall–Kier alpha value is -3.67. The van der Waals surface area contributed by atoms with Gasteiger partial charge in [0.25, 0.3) is 5.69 Å². The SMILES string of the molecule is CC[C@H](C(=O)NC1CCCC1)N(CCc1ccccc1)C(=O)CN(c1cc([N+](=O)[O-])ccc1OC)S(C)(=O)=O. The van der Waals surface area contributed by atoms with E-state index in [1.807, 2.05) is 30.3 Å². The lowest BCUT2D eigenvalue weighted by Gasteiger charge is -2.33. The van der Waals surface area contributed by atoms with Crippen LogP contribution in [0, 0.1) is 10.1 Å². The predicted octanol–water partition coefficient (Wildman–Crippen LogP) is 3.28. The maximum absolute atomic E-state index is 13.8. The first-order valence-corrected chi connectivity index (χ1v) is 14.8. The van der Waals surface area contributed by atoms with Crippen molar-refractivity contribution in [2.24, 2.45) is 0 Å². The number of ether oxygens (including phenoxy) is 1. The van der Waals surface area contributed by atoms with E-state index >= 15 is 0 Å². The van der Waals surface area contributed by atoms with Gasteiger partial charge >= 0.3 is 0 Å². The van der Waals surface area contributed by atoms with Crippen molar-refractivity contribution >= 4 is 33.2 Å². The molecule has 12 heteroatoms. The lowest BCUT2D eigenvalue weighted by molar-refractivity contribution is -0.384. The second kappa shape index (κ2) is 13.4. The second-order valence-electron chi connectivity index (χ2n) is 9.62. The van der Waals surface area contributed by atoms with E-state index in [-0.39, 0.29) is 35.6 Å². The molecule has 1 aliphatic rings. The molecule has 3 rings (SSSR count). The van der Waals surface area contributed by atoms with Gasteiger partial charge in [-0.3, -0.25) is 24.0 Å². The molecule has 1 fully saturated rings. The third-order valence-electron chi connectivity index (χ3n) is 6.89. The Morgan fingerprint density at radius 3 is 2.38 bits per heavy atom. The minimum absolute atomic E-state index is 0.0549. The quantitative estimate of drug-likeness (QED) is 0.293. The Morgan fingerprint density at radius 2 is 1.82 bits per heavy atom. The number of sulfonamides is 1. The number of carbonyl (C=O) groups is 2. The molecule has 0 unspecified atom stereocenters. The minimum atomic E-state index is -4.08. The lowest BCUT2D eigenvalue weighted by atomic mass is 10.1. The zero-order valence-corrected chi connectivity index (χ0v) is 23.4. The average Bonchev–Trinajstić information content (AvgIpc) is 3.42. The molecule has 0 aliphatic heterocycles. The number of nitro benzene ring substituents is 1. The van der Waals surface area contributed by atoms with E-state index < -0.39 is 33.4 Å². The first-order chi connectivity index (χ1) is 18.5. The zero-order valence-electron chi connectivity index (χ0n) is 22.5. The first kappa shape index (κ1) is 29.9. The molecule has 2 aromatic rings. The van der Waals surface area contributed by atoms with E-state index in [1.165, 1.54) is 24.1 Å². The second-order valence-corrected chi connectivity index (χ2v) is 11.5. The third kappa shape index (κ3) is 7.92. The normalized spacial score (nSPS) is 14.4. The Balaban J connectivity index is 1.95. The highest BCUT2D eigenvalue weighted by atomic mass is 32.2. The molecule has 2 amide bonds. The number of benzene rings is 2. The van der Waals surface area contributed by atoms with E-state index in [0.29, 0.717) is 12.8 Å². The molecular weight excluding hydrogens is 524 g/mol.